The third kappa shape index (κ3) is 5.16. The fraction of sp³-hybridized carbons (Fsp3) is 0.400. The van der Waals surface area contributed by atoms with Gasteiger partial charge in [-0.2, -0.15) is 0 Å². The van der Waals surface area contributed by atoms with Crippen molar-refractivity contribution >= 4 is 35.6 Å². The molecule has 17 heavy (non-hydrogen) atoms. The molecule has 1 heterocycles. The molecule has 5 nitrogen and oxygen atoms in total. The van der Waals surface area contributed by atoms with Crippen molar-refractivity contribution in [1.29, 1.82) is 0 Å². The summed E-state index contributed by atoms with van der Waals surface area (Å²) in [5.41, 5.74) is 5.25. The number of nitrogens with zero attached hydrogens (tertiary/aromatic N) is 1. The number of halogens is 1. The molecule has 0 aliphatic carbocycles. The van der Waals surface area contributed by atoms with Gasteiger partial charge in [0.1, 0.15) is 0 Å². The Morgan fingerprint density at radius 1 is 1.53 bits per heavy atom. The number of amides is 2. The molecule has 0 aliphatic rings. The zero-order valence-corrected chi connectivity index (χ0v) is 11.1. The fourth-order valence-corrected chi connectivity index (χ4v) is 1.86. The molecule has 0 aliphatic heterocycles. The van der Waals surface area contributed by atoms with Gasteiger partial charge in [-0.15, -0.1) is 23.7 Å². The molecule has 2 amide bonds. The SMILES string of the molecule is CN(CC(=O)NCCN)C(=O)c1cccs1.Cl. The summed E-state index contributed by atoms with van der Waals surface area (Å²) in [6, 6.07) is 3.54. The van der Waals surface area contributed by atoms with E-state index in [0.717, 1.165) is 0 Å². The third-order valence-corrected chi connectivity index (χ3v) is 2.78. The number of carbonyl (C=O) groups is 2. The molecule has 1 aromatic heterocycles. The third-order valence-electron chi connectivity index (χ3n) is 1.93. The van der Waals surface area contributed by atoms with Crippen molar-refractivity contribution in [3.8, 4) is 0 Å². The average Bonchev–Trinajstić information content (AvgIpc) is 2.78. The summed E-state index contributed by atoms with van der Waals surface area (Å²) in [6.45, 7) is 0.880. The maximum atomic E-state index is 11.7. The maximum Gasteiger partial charge on any atom is 0.264 e. The Labute approximate surface area is 110 Å². The molecule has 0 bridgehead atoms. The lowest BCUT2D eigenvalue weighted by Crippen LogP contribution is -2.39. The first-order valence-electron chi connectivity index (χ1n) is 4.91. The molecule has 0 fully saturated rings. The van der Waals surface area contributed by atoms with Crippen molar-refractivity contribution in [2.24, 2.45) is 5.73 Å². The van der Waals surface area contributed by atoms with Crippen molar-refractivity contribution in [2.75, 3.05) is 26.7 Å². The van der Waals surface area contributed by atoms with Crippen molar-refractivity contribution in [1.82, 2.24) is 10.2 Å². The second kappa shape index (κ2) is 8.05. The lowest BCUT2D eigenvalue weighted by atomic mass is 10.4. The van der Waals surface area contributed by atoms with Gasteiger partial charge in [-0.25, -0.2) is 0 Å². The number of hydrogen-bond acceptors (Lipinski definition) is 4. The van der Waals surface area contributed by atoms with Gasteiger partial charge >= 0.3 is 0 Å². The van der Waals surface area contributed by atoms with Gasteiger partial charge in [0.25, 0.3) is 5.91 Å². The molecule has 0 atom stereocenters. The van der Waals surface area contributed by atoms with Gasteiger partial charge in [-0.05, 0) is 11.4 Å². The van der Waals surface area contributed by atoms with Crippen LogP contribution in [0.3, 0.4) is 0 Å². The van der Waals surface area contributed by atoms with Crippen LogP contribution in [0.5, 0.6) is 0 Å². The first kappa shape index (κ1) is 15.9. The summed E-state index contributed by atoms with van der Waals surface area (Å²) >= 11 is 1.36. The summed E-state index contributed by atoms with van der Waals surface area (Å²) in [7, 11) is 1.60. The highest BCUT2D eigenvalue weighted by molar-refractivity contribution is 7.12. The quantitative estimate of drug-likeness (QED) is 0.814. The summed E-state index contributed by atoms with van der Waals surface area (Å²) < 4.78 is 0. The van der Waals surface area contributed by atoms with E-state index in [1.165, 1.54) is 16.2 Å². The molecule has 0 saturated heterocycles. The Morgan fingerprint density at radius 2 is 2.24 bits per heavy atom. The van der Waals surface area contributed by atoms with Gasteiger partial charge in [0, 0.05) is 20.1 Å². The van der Waals surface area contributed by atoms with E-state index in [1.807, 2.05) is 5.38 Å². The molecule has 0 saturated carbocycles. The zero-order valence-electron chi connectivity index (χ0n) is 9.51. The van der Waals surface area contributed by atoms with Crippen LogP contribution < -0.4 is 11.1 Å². The molecular weight excluding hydrogens is 262 g/mol. The molecule has 96 valence electrons. The molecule has 0 aromatic carbocycles. The van der Waals surface area contributed by atoms with Crippen LogP contribution >= 0.6 is 23.7 Å². The van der Waals surface area contributed by atoms with Crippen molar-refractivity contribution in [2.45, 2.75) is 0 Å². The van der Waals surface area contributed by atoms with Crippen LogP contribution in [0.1, 0.15) is 9.67 Å². The molecule has 0 unspecified atom stereocenters. The molecule has 0 spiro atoms. The van der Waals surface area contributed by atoms with E-state index in [9.17, 15) is 9.59 Å². The largest absolute Gasteiger partial charge is 0.353 e. The monoisotopic (exact) mass is 277 g/mol. The predicted molar refractivity (Wildman–Crippen MR) is 70.6 cm³/mol. The average molecular weight is 278 g/mol. The van der Waals surface area contributed by atoms with Crippen molar-refractivity contribution in [3.63, 3.8) is 0 Å². The van der Waals surface area contributed by atoms with Crippen molar-refractivity contribution < 1.29 is 9.59 Å². The molecule has 1 rings (SSSR count). The van der Waals surface area contributed by atoms with Gasteiger partial charge < -0.3 is 16.0 Å². The number of rotatable bonds is 5. The lowest BCUT2D eigenvalue weighted by molar-refractivity contribution is -0.121. The Balaban J connectivity index is 0.00000256. The highest BCUT2D eigenvalue weighted by Crippen LogP contribution is 2.10. The Hall–Kier alpha value is -1.11. The fourth-order valence-electron chi connectivity index (χ4n) is 1.14. The number of thiophene rings is 1. The minimum atomic E-state index is -0.196. The van der Waals surface area contributed by atoms with Gasteiger partial charge in [0.2, 0.25) is 5.91 Å². The Morgan fingerprint density at radius 3 is 2.76 bits per heavy atom. The first-order valence-corrected chi connectivity index (χ1v) is 5.79. The van der Waals surface area contributed by atoms with Crippen LogP contribution in [0.25, 0.3) is 0 Å². The normalized spacial score (nSPS) is 9.29. The highest BCUT2D eigenvalue weighted by atomic mass is 35.5. The maximum absolute atomic E-state index is 11.7. The van der Waals surface area contributed by atoms with Crippen LogP contribution in [-0.2, 0) is 4.79 Å². The molecule has 0 radical (unpaired) electrons. The Kier molecular flexibility index (Phi) is 7.53. The van der Waals surface area contributed by atoms with Gasteiger partial charge in [0.05, 0.1) is 11.4 Å². The highest BCUT2D eigenvalue weighted by Gasteiger charge is 2.14. The minimum Gasteiger partial charge on any atom is -0.353 e. The summed E-state index contributed by atoms with van der Waals surface area (Å²) in [4.78, 5) is 25.1. The van der Waals surface area contributed by atoms with E-state index in [-0.39, 0.29) is 30.8 Å². The molecule has 3 N–H and O–H groups in total. The minimum absolute atomic E-state index is 0. The topological polar surface area (TPSA) is 75.4 Å². The number of hydrogen-bond donors (Lipinski definition) is 2. The summed E-state index contributed by atoms with van der Waals surface area (Å²) in [6.07, 6.45) is 0. The van der Waals surface area contributed by atoms with Gasteiger partial charge in [-0.3, -0.25) is 9.59 Å². The van der Waals surface area contributed by atoms with E-state index in [1.54, 1.807) is 19.2 Å². The van der Waals surface area contributed by atoms with Crippen LogP contribution in [0.2, 0.25) is 0 Å². The summed E-state index contributed by atoms with van der Waals surface area (Å²) in [5, 5.41) is 4.44. The van der Waals surface area contributed by atoms with Gasteiger partial charge in [0.15, 0.2) is 0 Å². The van der Waals surface area contributed by atoms with E-state index in [2.05, 4.69) is 5.32 Å². The Bertz CT molecular complexity index is 356. The standard InChI is InChI=1S/C10H15N3O2S.ClH/c1-13(7-9(14)12-5-4-11)10(15)8-3-2-6-16-8;/h2-3,6H,4-5,7,11H2,1H3,(H,12,14);1H. The smallest absolute Gasteiger partial charge is 0.264 e. The lowest BCUT2D eigenvalue weighted by Gasteiger charge is -2.15. The van der Waals surface area contributed by atoms with E-state index >= 15 is 0 Å². The van der Waals surface area contributed by atoms with Crippen LogP contribution in [0.15, 0.2) is 17.5 Å². The number of nitrogens with one attached hydrogen (secondary N) is 1. The number of likely N-dealkylation sites (N-methyl/N-ethyl adjacent to an activating group) is 1. The second-order valence-corrected chi connectivity index (χ2v) is 4.22. The molecule has 7 heteroatoms. The zero-order chi connectivity index (χ0) is 12.0. The number of nitrogens with two attached hydrogens (primary N) is 1. The summed E-state index contributed by atoms with van der Waals surface area (Å²) in [5.74, 6) is -0.337. The van der Waals surface area contributed by atoms with Crippen molar-refractivity contribution in [3.05, 3.63) is 22.4 Å². The molecule has 1 aromatic rings. The molecular formula is C10H16ClN3O2S. The first-order chi connectivity index (χ1) is 7.65. The number of carbonyl (C=O) groups excluding carboxylic acids is 2. The second-order valence-electron chi connectivity index (χ2n) is 3.28. The van der Waals surface area contributed by atoms with E-state index in [0.29, 0.717) is 18.0 Å². The van der Waals surface area contributed by atoms with E-state index in [4.69, 9.17) is 5.73 Å². The van der Waals surface area contributed by atoms with Crippen LogP contribution in [-0.4, -0.2) is 43.4 Å². The van der Waals surface area contributed by atoms with Crippen LogP contribution in [0, 0.1) is 0 Å². The van der Waals surface area contributed by atoms with Gasteiger partial charge in [-0.1, -0.05) is 6.07 Å². The predicted octanol–water partition coefficient (Wildman–Crippen LogP) is 0.317. The van der Waals surface area contributed by atoms with Crippen LogP contribution in [0.4, 0.5) is 0 Å². The van der Waals surface area contributed by atoms with E-state index < -0.39 is 0 Å².